The first-order chi connectivity index (χ1) is 8.66. The third-order valence-electron chi connectivity index (χ3n) is 4.35. The molecule has 1 aliphatic heterocycles. The van der Waals surface area contributed by atoms with E-state index in [1.54, 1.807) is 0 Å². The van der Waals surface area contributed by atoms with E-state index in [4.69, 9.17) is 5.11 Å². The highest BCUT2D eigenvalue weighted by molar-refractivity contribution is 5.66. The number of hydrogen-bond acceptors (Lipinski definition) is 3. The molecule has 2 fully saturated rings. The molecule has 18 heavy (non-hydrogen) atoms. The summed E-state index contributed by atoms with van der Waals surface area (Å²) < 4.78 is 0. The minimum absolute atomic E-state index is 0.296. The van der Waals surface area contributed by atoms with Crippen LogP contribution in [0.4, 0.5) is 0 Å². The summed E-state index contributed by atoms with van der Waals surface area (Å²) in [6.45, 7) is 5.43. The Morgan fingerprint density at radius 3 is 2.72 bits per heavy atom. The van der Waals surface area contributed by atoms with Crippen LogP contribution in [0.15, 0.2) is 0 Å². The number of carboxylic acids is 1. The highest BCUT2D eigenvalue weighted by Crippen LogP contribution is 2.28. The second-order valence-electron chi connectivity index (χ2n) is 5.98. The van der Waals surface area contributed by atoms with E-state index in [1.165, 1.54) is 25.7 Å². The molecular weight excluding hydrogens is 228 g/mol. The molecule has 2 N–H and O–H groups in total. The van der Waals surface area contributed by atoms with Crippen molar-refractivity contribution in [3.8, 4) is 0 Å². The van der Waals surface area contributed by atoms with Gasteiger partial charge in [0.1, 0.15) is 0 Å². The molecule has 1 aliphatic carbocycles. The van der Waals surface area contributed by atoms with E-state index in [0.29, 0.717) is 24.4 Å². The van der Waals surface area contributed by atoms with Crippen LogP contribution in [0, 0.1) is 5.92 Å². The lowest BCUT2D eigenvalue weighted by Crippen LogP contribution is -2.45. The van der Waals surface area contributed by atoms with Crippen molar-refractivity contribution in [2.24, 2.45) is 5.92 Å². The summed E-state index contributed by atoms with van der Waals surface area (Å²) in [7, 11) is 0. The average Bonchev–Trinajstić information content (AvgIpc) is 2.78. The van der Waals surface area contributed by atoms with E-state index >= 15 is 0 Å². The van der Waals surface area contributed by atoms with Gasteiger partial charge in [-0.15, -0.1) is 0 Å². The van der Waals surface area contributed by atoms with Crippen molar-refractivity contribution in [1.29, 1.82) is 0 Å². The summed E-state index contributed by atoms with van der Waals surface area (Å²) in [5, 5.41) is 12.4. The van der Waals surface area contributed by atoms with E-state index in [9.17, 15) is 4.79 Å². The van der Waals surface area contributed by atoms with Crippen LogP contribution in [-0.4, -0.2) is 47.7 Å². The quantitative estimate of drug-likeness (QED) is 0.802. The summed E-state index contributed by atoms with van der Waals surface area (Å²) in [6.07, 6.45) is 6.37. The Balaban J connectivity index is 1.98. The molecule has 2 rings (SSSR count). The van der Waals surface area contributed by atoms with Crippen molar-refractivity contribution in [2.45, 2.75) is 57.5 Å². The number of carbonyl (C=O) groups is 1. The lowest BCUT2D eigenvalue weighted by Gasteiger charge is -2.35. The van der Waals surface area contributed by atoms with Crippen molar-refractivity contribution in [2.75, 3.05) is 19.6 Å². The van der Waals surface area contributed by atoms with Gasteiger partial charge in [-0.2, -0.15) is 0 Å². The predicted molar refractivity (Wildman–Crippen MR) is 71.7 cm³/mol. The van der Waals surface area contributed by atoms with Crippen LogP contribution in [0.25, 0.3) is 0 Å². The van der Waals surface area contributed by atoms with Crippen molar-refractivity contribution < 1.29 is 9.90 Å². The van der Waals surface area contributed by atoms with Crippen molar-refractivity contribution in [3.63, 3.8) is 0 Å². The van der Waals surface area contributed by atoms with Gasteiger partial charge < -0.3 is 10.4 Å². The topological polar surface area (TPSA) is 52.6 Å². The fraction of sp³-hybridized carbons (Fsp3) is 0.929. The summed E-state index contributed by atoms with van der Waals surface area (Å²) in [5.74, 6) is -0.000838. The first-order valence-corrected chi connectivity index (χ1v) is 7.35. The normalized spacial score (nSPS) is 31.4. The second kappa shape index (κ2) is 6.53. The Kier molecular flexibility index (Phi) is 5.01. The molecule has 0 aromatic carbocycles. The molecule has 4 heteroatoms. The van der Waals surface area contributed by atoms with Crippen LogP contribution >= 0.6 is 0 Å². The SMILES string of the molecule is CC1CNCC(CCC(=O)O)N(C2CCCC2)C1. The van der Waals surface area contributed by atoms with E-state index in [0.717, 1.165) is 26.1 Å². The molecule has 0 aromatic heterocycles. The molecule has 1 heterocycles. The molecule has 0 bridgehead atoms. The molecule has 2 atom stereocenters. The Labute approximate surface area is 110 Å². The molecular formula is C14H26N2O2. The van der Waals surface area contributed by atoms with Gasteiger partial charge in [0.25, 0.3) is 0 Å². The molecule has 0 aromatic rings. The van der Waals surface area contributed by atoms with Gasteiger partial charge in [-0.05, 0) is 31.7 Å². The molecule has 1 saturated heterocycles. The van der Waals surface area contributed by atoms with Gasteiger partial charge in [-0.1, -0.05) is 19.8 Å². The van der Waals surface area contributed by atoms with E-state index in [2.05, 4.69) is 17.1 Å². The smallest absolute Gasteiger partial charge is 0.303 e. The highest BCUT2D eigenvalue weighted by atomic mass is 16.4. The van der Waals surface area contributed by atoms with Crippen molar-refractivity contribution in [1.82, 2.24) is 10.2 Å². The zero-order valence-electron chi connectivity index (χ0n) is 11.4. The zero-order valence-corrected chi connectivity index (χ0v) is 11.4. The predicted octanol–water partition coefficient (Wildman–Crippen LogP) is 1.70. The third-order valence-corrected chi connectivity index (χ3v) is 4.35. The minimum Gasteiger partial charge on any atom is -0.481 e. The Morgan fingerprint density at radius 1 is 1.33 bits per heavy atom. The van der Waals surface area contributed by atoms with Gasteiger partial charge in [0.2, 0.25) is 0 Å². The first-order valence-electron chi connectivity index (χ1n) is 7.35. The molecule has 2 aliphatic rings. The largest absolute Gasteiger partial charge is 0.481 e. The molecule has 4 nitrogen and oxygen atoms in total. The third kappa shape index (κ3) is 3.69. The number of hydrogen-bond donors (Lipinski definition) is 2. The summed E-state index contributed by atoms with van der Waals surface area (Å²) in [5.41, 5.74) is 0. The molecule has 104 valence electrons. The lowest BCUT2D eigenvalue weighted by molar-refractivity contribution is -0.137. The monoisotopic (exact) mass is 254 g/mol. The number of carboxylic acid groups (broad SMARTS) is 1. The fourth-order valence-electron chi connectivity index (χ4n) is 3.43. The number of nitrogens with zero attached hydrogens (tertiary/aromatic N) is 1. The Bertz CT molecular complexity index is 277. The van der Waals surface area contributed by atoms with Crippen LogP contribution in [0.5, 0.6) is 0 Å². The zero-order chi connectivity index (χ0) is 13.0. The number of aliphatic carboxylic acids is 1. The highest BCUT2D eigenvalue weighted by Gasteiger charge is 2.31. The number of rotatable bonds is 4. The first kappa shape index (κ1) is 13.8. The van der Waals surface area contributed by atoms with Crippen molar-refractivity contribution in [3.05, 3.63) is 0 Å². The average molecular weight is 254 g/mol. The molecule has 0 amide bonds. The van der Waals surface area contributed by atoms with Crippen molar-refractivity contribution >= 4 is 5.97 Å². The van der Waals surface area contributed by atoms with E-state index < -0.39 is 5.97 Å². The summed E-state index contributed by atoms with van der Waals surface area (Å²) >= 11 is 0. The van der Waals surface area contributed by atoms with Crippen LogP contribution in [0.3, 0.4) is 0 Å². The van der Waals surface area contributed by atoms with Gasteiger partial charge in [0, 0.05) is 31.6 Å². The van der Waals surface area contributed by atoms with Gasteiger partial charge in [-0.25, -0.2) is 0 Å². The molecule has 2 unspecified atom stereocenters. The van der Waals surface area contributed by atoms with Crippen LogP contribution in [0.1, 0.15) is 45.4 Å². The van der Waals surface area contributed by atoms with Crippen LogP contribution in [-0.2, 0) is 4.79 Å². The van der Waals surface area contributed by atoms with Gasteiger partial charge in [-0.3, -0.25) is 9.69 Å². The maximum absolute atomic E-state index is 10.8. The number of nitrogens with one attached hydrogen (secondary N) is 1. The van der Waals surface area contributed by atoms with Gasteiger partial charge in [0.05, 0.1) is 0 Å². The summed E-state index contributed by atoms with van der Waals surface area (Å²) in [6, 6.07) is 1.11. The molecule has 1 saturated carbocycles. The van der Waals surface area contributed by atoms with Crippen LogP contribution < -0.4 is 5.32 Å². The molecule has 0 spiro atoms. The maximum atomic E-state index is 10.8. The second-order valence-corrected chi connectivity index (χ2v) is 5.98. The fourth-order valence-corrected chi connectivity index (χ4v) is 3.43. The van der Waals surface area contributed by atoms with E-state index in [-0.39, 0.29) is 0 Å². The van der Waals surface area contributed by atoms with Crippen LogP contribution in [0.2, 0.25) is 0 Å². The lowest BCUT2D eigenvalue weighted by atomic mass is 10.0. The van der Waals surface area contributed by atoms with E-state index in [1.807, 2.05) is 0 Å². The standard InChI is InChI=1S/C14H26N2O2/c1-11-8-15-9-13(6-7-14(17)18)16(10-11)12-4-2-3-5-12/h11-13,15H,2-10H2,1H3,(H,17,18). The summed E-state index contributed by atoms with van der Waals surface area (Å²) in [4.78, 5) is 13.4. The Morgan fingerprint density at radius 2 is 2.06 bits per heavy atom. The van der Waals surface area contributed by atoms with Gasteiger partial charge >= 0.3 is 5.97 Å². The molecule has 0 radical (unpaired) electrons. The Hall–Kier alpha value is -0.610. The maximum Gasteiger partial charge on any atom is 0.303 e. The minimum atomic E-state index is -0.668. The van der Waals surface area contributed by atoms with Gasteiger partial charge in [0.15, 0.2) is 0 Å².